The fourth-order valence-corrected chi connectivity index (χ4v) is 2.93. The number of benzene rings is 1. The summed E-state index contributed by atoms with van der Waals surface area (Å²) in [4.78, 5) is 25.2. The van der Waals surface area contributed by atoms with Crippen molar-refractivity contribution in [3.63, 3.8) is 0 Å². The monoisotopic (exact) mass is 289 g/mol. The molecule has 1 fully saturated rings. The summed E-state index contributed by atoms with van der Waals surface area (Å²) in [5.41, 5.74) is 0.874. The van der Waals surface area contributed by atoms with Crippen LogP contribution in [-0.2, 0) is 9.59 Å². The summed E-state index contributed by atoms with van der Waals surface area (Å²) in [6, 6.07) is 9.58. The summed E-state index contributed by atoms with van der Waals surface area (Å²) < 4.78 is 0. The van der Waals surface area contributed by atoms with Gasteiger partial charge >= 0.3 is 5.97 Å². The summed E-state index contributed by atoms with van der Waals surface area (Å²) in [6.45, 7) is 0.478. The van der Waals surface area contributed by atoms with Gasteiger partial charge in [0.05, 0.1) is 0 Å². The Kier molecular flexibility index (Phi) is 5.78. The van der Waals surface area contributed by atoms with Gasteiger partial charge < -0.3 is 10.0 Å². The molecule has 0 radical (unpaired) electrons. The van der Waals surface area contributed by atoms with E-state index in [4.69, 9.17) is 5.11 Å². The first-order valence-electron chi connectivity index (χ1n) is 7.76. The Morgan fingerprint density at radius 1 is 1.10 bits per heavy atom. The van der Waals surface area contributed by atoms with Gasteiger partial charge in [-0.15, -0.1) is 0 Å². The first-order valence-corrected chi connectivity index (χ1v) is 7.76. The van der Waals surface area contributed by atoms with Crippen molar-refractivity contribution < 1.29 is 14.7 Å². The molecule has 1 aliphatic rings. The van der Waals surface area contributed by atoms with E-state index in [1.807, 2.05) is 30.3 Å². The van der Waals surface area contributed by atoms with E-state index in [1.165, 1.54) is 6.42 Å². The molecule has 1 amide bonds. The molecule has 0 heterocycles. The molecule has 0 bridgehead atoms. The fourth-order valence-electron chi connectivity index (χ4n) is 2.93. The van der Waals surface area contributed by atoms with Gasteiger partial charge in [0.2, 0.25) is 5.91 Å². The van der Waals surface area contributed by atoms with Crippen molar-refractivity contribution in [1.82, 2.24) is 0 Å². The predicted molar refractivity (Wildman–Crippen MR) is 82.2 cm³/mol. The standard InChI is InChI=1S/C17H23NO3/c19-16(20)12-7-13-18(15-10-5-2-6-11-15)17(21)14-8-3-1-4-9-14/h2,5-6,10-11,14H,1,3-4,7-9,12-13H2,(H,19,20). The van der Waals surface area contributed by atoms with E-state index < -0.39 is 5.97 Å². The van der Waals surface area contributed by atoms with Crippen LogP contribution >= 0.6 is 0 Å². The molecule has 0 aliphatic heterocycles. The zero-order chi connectivity index (χ0) is 15.1. The molecular weight excluding hydrogens is 266 g/mol. The lowest BCUT2D eigenvalue weighted by atomic mass is 9.88. The van der Waals surface area contributed by atoms with Crippen LogP contribution in [0.5, 0.6) is 0 Å². The van der Waals surface area contributed by atoms with E-state index in [-0.39, 0.29) is 18.2 Å². The number of para-hydroxylation sites is 1. The van der Waals surface area contributed by atoms with Gasteiger partial charge in [0.1, 0.15) is 0 Å². The number of rotatable bonds is 6. The van der Waals surface area contributed by atoms with Crippen LogP contribution < -0.4 is 4.90 Å². The zero-order valence-electron chi connectivity index (χ0n) is 12.3. The summed E-state index contributed by atoms with van der Waals surface area (Å²) in [6.07, 6.45) is 5.96. The molecular formula is C17H23NO3. The number of nitrogens with zero attached hydrogens (tertiary/aromatic N) is 1. The van der Waals surface area contributed by atoms with Gasteiger partial charge in [-0.1, -0.05) is 37.5 Å². The Morgan fingerprint density at radius 2 is 1.76 bits per heavy atom. The van der Waals surface area contributed by atoms with Crippen LogP contribution in [0, 0.1) is 5.92 Å². The molecule has 0 atom stereocenters. The number of anilines is 1. The van der Waals surface area contributed by atoms with E-state index in [2.05, 4.69) is 0 Å². The Bertz CT molecular complexity index is 466. The summed E-state index contributed by atoms with van der Waals surface area (Å²) in [7, 11) is 0. The first-order chi connectivity index (χ1) is 10.2. The molecule has 1 aromatic carbocycles. The van der Waals surface area contributed by atoms with Gasteiger partial charge in [-0.3, -0.25) is 9.59 Å². The van der Waals surface area contributed by atoms with Crippen molar-refractivity contribution in [2.24, 2.45) is 5.92 Å². The van der Waals surface area contributed by atoms with Crippen LogP contribution in [0.25, 0.3) is 0 Å². The van der Waals surface area contributed by atoms with Crippen LogP contribution in [0.2, 0.25) is 0 Å². The van der Waals surface area contributed by atoms with E-state index in [9.17, 15) is 9.59 Å². The normalized spacial score (nSPS) is 15.6. The number of carbonyl (C=O) groups excluding carboxylic acids is 1. The number of aliphatic carboxylic acids is 1. The SMILES string of the molecule is O=C(O)CCCN(C(=O)C1CCCCC1)c1ccccc1. The summed E-state index contributed by atoms with van der Waals surface area (Å²) in [5, 5.41) is 8.78. The van der Waals surface area contributed by atoms with Crippen molar-refractivity contribution in [2.75, 3.05) is 11.4 Å². The minimum atomic E-state index is -0.812. The maximum absolute atomic E-state index is 12.8. The second-order valence-electron chi connectivity index (χ2n) is 5.66. The lowest BCUT2D eigenvalue weighted by molar-refractivity contribution is -0.137. The molecule has 1 N–H and O–H groups in total. The largest absolute Gasteiger partial charge is 0.481 e. The van der Waals surface area contributed by atoms with Gasteiger partial charge in [-0.2, -0.15) is 0 Å². The van der Waals surface area contributed by atoms with Crippen molar-refractivity contribution in [2.45, 2.75) is 44.9 Å². The average molecular weight is 289 g/mol. The smallest absolute Gasteiger partial charge is 0.303 e. The molecule has 1 aromatic rings. The molecule has 4 heteroatoms. The second-order valence-corrected chi connectivity index (χ2v) is 5.66. The highest BCUT2D eigenvalue weighted by Gasteiger charge is 2.26. The van der Waals surface area contributed by atoms with Gasteiger partial charge in [0, 0.05) is 24.6 Å². The van der Waals surface area contributed by atoms with Crippen LogP contribution in [0.4, 0.5) is 5.69 Å². The molecule has 114 valence electrons. The number of hydrogen-bond donors (Lipinski definition) is 1. The van der Waals surface area contributed by atoms with E-state index >= 15 is 0 Å². The lowest BCUT2D eigenvalue weighted by Gasteiger charge is -2.29. The fraction of sp³-hybridized carbons (Fsp3) is 0.529. The minimum absolute atomic E-state index is 0.0985. The van der Waals surface area contributed by atoms with Gasteiger partial charge in [0.15, 0.2) is 0 Å². The van der Waals surface area contributed by atoms with Crippen molar-refractivity contribution in [1.29, 1.82) is 0 Å². The van der Waals surface area contributed by atoms with Gasteiger partial charge in [-0.25, -0.2) is 0 Å². The molecule has 1 saturated carbocycles. The number of hydrogen-bond acceptors (Lipinski definition) is 2. The second kappa shape index (κ2) is 7.81. The molecule has 21 heavy (non-hydrogen) atoms. The Balaban J connectivity index is 2.06. The number of carboxylic acid groups (broad SMARTS) is 1. The highest BCUT2D eigenvalue weighted by atomic mass is 16.4. The first kappa shape index (κ1) is 15.5. The van der Waals surface area contributed by atoms with Crippen molar-refractivity contribution in [3.05, 3.63) is 30.3 Å². The predicted octanol–water partition coefficient (Wildman–Crippen LogP) is 3.46. The summed E-state index contributed by atoms with van der Waals surface area (Å²) >= 11 is 0. The summed E-state index contributed by atoms with van der Waals surface area (Å²) in [5.74, 6) is -0.553. The van der Waals surface area contributed by atoms with Gasteiger partial charge in [0.25, 0.3) is 0 Å². The molecule has 0 saturated heterocycles. The number of carboxylic acids is 1. The topological polar surface area (TPSA) is 57.6 Å². The third-order valence-electron chi connectivity index (χ3n) is 4.06. The van der Waals surface area contributed by atoms with Gasteiger partial charge in [-0.05, 0) is 31.4 Å². The maximum Gasteiger partial charge on any atom is 0.303 e. The zero-order valence-corrected chi connectivity index (χ0v) is 12.3. The maximum atomic E-state index is 12.8. The quantitative estimate of drug-likeness (QED) is 0.872. The van der Waals surface area contributed by atoms with E-state index in [0.29, 0.717) is 13.0 Å². The van der Waals surface area contributed by atoms with Crippen LogP contribution in [0.1, 0.15) is 44.9 Å². The molecule has 0 unspecified atom stereocenters. The third kappa shape index (κ3) is 4.59. The molecule has 2 rings (SSSR count). The van der Waals surface area contributed by atoms with Crippen molar-refractivity contribution in [3.8, 4) is 0 Å². The highest BCUT2D eigenvalue weighted by molar-refractivity contribution is 5.95. The molecule has 0 spiro atoms. The lowest BCUT2D eigenvalue weighted by Crippen LogP contribution is -2.38. The highest BCUT2D eigenvalue weighted by Crippen LogP contribution is 2.27. The van der Waals surface area contributed by atoms with E-state index in [1.54, 1.807) is 4.90 Å². The Labute approximate surface area is 125 Å². The molecule has 4 nitrogen and oxygen atoms in total. The molecule has 1 aliphatic carbocycles. The Hall–Kier alpha value is -1.84. The van der Waals surface area contributed by atoms with Crippen LogP contribution in [0.15, 0.2) is 30.3 Å². The van der Waals surface area contributed by atoms with Crippen molar-refractivity contribution >= 4 is 17.6 Å². The number of carbonyl (C=O) groups is 2. The van der Waals surface area contributed by atoms with Crippen LogP contribution in [0.3, 0.4) is 0 Å². The average Bonchev–Trinajstić information content (AvgIpc) is 2.52. The Morgan fingerprint density at radius 3 is 2.38 bits per heavy atom. The van der Waals surface area contributed by atoms with Crippen LogP contribution in [-0.4, -0.2) is 23.5 Å². The van der Waals surface area contributed by atoms with E-state index in [0.717, 1.165) is 31.4 Å². The third-order valence-corrected chi connectivity index (χ3v) is 4.06. The molecule has 0 aromatic heterocycles. The minimum Gasteiger partial charge on any atom is -0.481 e. The number of amides is 1.